The van der Waals surface area contributed by atoms with Crippen LogP contribution in [0.2, 0.25) is 0 Å². The van der Waals surface area contributed by atoms with Gasteiger partial charge in [0.2, 0.25) is 0 Å². The van der Waals surface area contributed by atoms with Crippen molar-refractivity contribution in [1.82, 2.24) is 0 Å². The van der Waals surface area contributed by atoms with Crippen LogP contribution in [-0.2, 0) is 9.47 Å². The average Bonchev–Trinajstić information content (AvgIpc) is 1.88. The molecular formula is C7H10O2. The second kappa shape index (κ2) is 4.97. The SMILES string of the molecule is C=COC(=CC)OC=C. The van der Waals surface area contributed by atoms with Crippen molar-refractivity contribution in [2.75, 3.05) is 0 Å². The zero-order valence-electron chi connectivity index (χ0n) is 5.46. The van der Waals surface area contributed by atoms with Crippen LogP contribution in [-0.4, -0.2) is 0 Å². The summed E-state index contributed by atoms with van der Waals surface area (Å²) in [5.41, 5.74) is 0. The highest BCUT2D eigenvalue weighted by Crippen LogP contribution is 1.98. The maximum Gasteiger partial charge on any atom is 0.284 e. The van der Waals surface area contributed by atoms with Gasteiger partial charge >= 0.3 is 0 Å². The van der Waals surface area contributed by atoms with Gasteiger partial charge in [-0.05, 0) is 13.0 Å². The predicted octanol–water partition coefficient (Wildman–Crippen LogP) is 2.17. The van der Waals surface area contributed by atoms with E-state index in [2.05, 4.69) is 13.2 Å². The summed E-state index contributed by atoms with van der Waals surface area (Å²) in [5.74, 6) is 0.389. The van der Waals surface area contributed by atoms with Gasteiger partial charge in [-0.15, -0.1) is 0 Å². The van der Waals surface area contributed by atoms with Crippen molar-refractivity contribution in [2.45, 2.75) is 6.92 Å². The highest BCUT2D eigenvalue weighted by Gasteiger charge is 1.87. The van der Waals surface area contributed by atoms with Gasteiger partial charge in [0.15, 0.2) is 0 Å². The summed E-state index contributed by atoms with van der Waals surface area (Å²) in [7, 11) is 0. The van der Waals surface area contributed by atoms with Gasteiger partial charge < -0.3 is 9.47 Å². The number of hydrogen-bond acceptors (Lipinski definition) is 2. The average molecular weight is 126 g/mol. The molecule has 0 atom stereocenters. The van der Waals surface area contributed by atoms with Gasteiger partial charge in [-0.2, -0.15) is 0 Å². The normalized spacial score (nSPS) is 7.22. The molecule has 0 bridgehead atoms. The Morgan fingerprint density at radius 2 is 1.67 bits per heavy atom. The second-order valence-electron chi connectivity index (χ2n) is 1.18. The molecule has 0 spiro atoms. The van der Waals surface area contributed by atoms with Crippen molar-refractivity contribution in [3.63, 3.8) is 0 Å². The first-order valence-electron chi connectivity index (χ1n) is 2.56. The third kappa shape index (κ3) is 3.41. The number of hydrogen-bond donors (Lipinski definition) is 0. The third-order valence-corrected chi connectivity index (χ3v) is 0.635. The summed E-state index contributed by atoms with van der Waals surface area (Å²) in [4.78, 5) is 0. The first-order chi connectivity index (χ1) is 4.35. The number of ether oxygens (including phenoxy) is 2. The fourth-order valence-electron chi connectivity index (χ4n) is 0.328. The lowest BCUT2D eigenvalue weighted by Gasteiger charge is -2.00. The molecule has 0 unspecified atom stereocenters. The lowest BCUT2D eigenvalue weighted by Crippen LogP contribution is -1.84. The van der Waals surface area contributed by atoms with E-state index >= 15 is 0 Å². The fourth-order valence-corrected chi connectivity index (χ4v) is 0.328. The molecule has 0 amide bonds. The van der Waals surface area contributed by atoms with Crippen molar-refractivity contribution < 1.29 is 9.47 Å². The topological polar surface area (TPSA) is 18.5 Å². The summed E-state index contributed by atoms with van der Waals surface area (Å²) in [6.45, 7) is 8.50. The van der Waals surface area contributed by atoms with Crippen LogP contribution in [0, 0.1) is 0 Å². The molecule has 0 aromatic rings. The molecule has 0 aromatic carbocycles. The quantitative estimate of drug-likeness (QED) is 0.537. The van der Waals surface area contributed by atoms with Crippen molar-refractivity contribution in [3.8, 4) is 0 Å². The molecule has 2 nitrogen and oxygen atoms in total. The van der Waals surface area contributed by atoms with Gasteiger partial charge in [-0.1, -0.05) is 13.2 Å². The van der Waals surface area contributed by atoms with Gasteiger partial charge in [0, 0.05) is 0 Å². The molecule has 50 valence electrons. The Labute approximate surface area is 55.1 Å². The monoisotopic (exact) mass is 126 g/mol. The first-order valence-corrected chi connectivity index (χ1v) is 2.56. The Morgan fingerprint density at radius 1 is 1.22 bits per heavy atom. The molecule has 0 rings (SSSR count). The largest absolute Gasteiger partial charge is 0.435 e. The minimum absolute atomic E-state index is 0.389. The summed E-state index contributed by atoms with van der Waals surface area (Å²) in [6, 6.07) is 0. The maximum absolute atomic E-state index is 4.76. The van der Waals surface area contributed by atoms with E-state index < -0.39 is 0 Å². The van der Waals surface area contributed by atoms with E-state index in [4.69, 9.17) is 9.47 Å². The summed E-state index contributed by atoms with van der Waals surface area (Å²) < 4.78 is 9.53. The predicted molar refractivity (Wildman–Crippen MR) is 36.3 cm³/mol. The minimum Gasteiger partial charge on any atom is -0.435 e. The molecule has 0 heterocycles. The van der Waals surface area contributed by atoms with Crippen LogP contribution >= 0.6 is 0 Å². The highest BCUT2D eigenvalue weighted by molar-refractivity contribution is 4.83. The van der Waals surface area contributed by atoms with Crippen molar-refractivity contribution in [3.05, 3.63) is 37.7 Å². The fraction of sp³-hybridized carbons (Fsp3) is 0.143. The second-order valence-corrected chi connectivity index (χ2v) is 1.18. The van der Waals surface area contributed by atoms with Gasteiger partial charge in [0.05, 0.1) is 12.5 Å². The van der Waals surface area contributed by atoms with Crippen LogP contribution in [0.3, 0.4) is 0 Å². The Kier molecular flexibility index (Phi) is 4.32. The minimum atomic E-state index is 0.389. The molecule has 0 saturated carbocycles. The first kappa shape index (κ1) is 7.82. The smallest absolute Gasteiger partial charge is 0.284 e. The van der Waals surface area contributed by atoms with Crippen LogP contribution in [0.25, 0.3) is 0 Å². The Bertz CT molecular complexity index is 113. The van der Waals surface area contributed by atoms with Gasteiger partial charge in [0.1, 0.15) is 0 Å². The van der Waals surface area contributed by atoms with E-state index in [-0.39, 0.29) is 0 Å². The van der Waals surface area contributed by atoms with Gasteiger partial charge in [0.25, 0.3) is 5.95 Å². The summed E-state index contributed by atoms with van der Waals surface area (Å²) >= 11 is 0. The van der Waals surface area contributed by atoms with Gasteiger partial charge in [-0.25, -0.2) is 0 Å². The zero-order valence-corrected chi connectivity index (χ0v) is 5.46. The summed E-state index contributed by atoms with van der Waals surface area (Å²) in [5, 5.41) is 0. The maximum atomic E-state index is 4.76. The molecule has 0 N–H and O–H groups in total. The molecule has 0 radical (unpaired) electrons. The molecule has 0 aliphatic carbocycles. The van der Waals surface area contributed by atoms with E-state index in [9.17, 15) is 0 Å². The van der Waals surface area contributed by atoms with Crippen molar-refractivity contribution in [2.24, 2.45) is 0 Å². The Morgan fingerprint density at radius 3 is 1.89 bits per heavy atom. The molecule has 0 fully saturated rings. The van der Waals surface area contributed by atoms with E-state index in [0.717, 1.165) is 0 Å². The van der Waals surface area contributed by atoms with Crippen LogP contribution in [0.5, 0.6) is 0 Å². The van der Waals surface area contributed by atoms with Crippen LogP contribution in [0.15, 0.2) is 37.7 Å². The van der Waals surface area contributed by atoms with E-state index in [0.29, 0.717) is 5.95 Å². The van der Waals surface area contributed by atoms with E-state index in [1.54, 1.807) is 13.0 Å². The number of allylic oxidation sites excluding steroid dienone is 1. The third-order valence-electron chi connectivity index (χ3n) is 0.635. The molecule has 0 aromatic heterocycles. The molecule has 9 heavy (non-hydrogen) atoms. The van der Waals surface area contributed by atoms with Crippen LogP contribution in [0.1, 0.15) is 6.92 Å². The number of rotatable bonds is 4. The Hall–Kier alpha value is -1.18. The highest BCUT2D eigenvalue weighted by atomic mass is 16.7. The summed E-state index contributed by atoms with van der Waals surface area (Å²) in [6.07, 6.45) is 4.25. The zero-order chi connectivity index (χ0) is 7.11. The molecule has 0 aliphatic rings. The molecule has 0 saturated heterocycles. The lowest BCUT2D eigenvalue weighted by atomic mass is 10.7. The standard InChI is InChI=1S/C7H10O2/c1-4-7(8-5-2)9-6-3/h4-6H,2-3H2,1H3. The van der Waals surface area contributed by atoms with Crippen molar-refractivity contribution >= 4 is 0 Å². The van der Waals surface area contributed by atoms with Gasteiger partial charge in [-0.3, -0.25) is 0 Å². The van der Waals surface area contributed by atoms with Crippen molar-refractivity contribution in [1.29, 1.82) is 0 Å². The lowest BCUT2D eigenvalue weighted by molar-refractivity contribution is 0.149. The van der Waals surface area contributed by atoms with E-state index in [1.165, 1.54) is 12.5 Å². The van der Waals surface area contributed by atoms with Crippen LogP contribution < -0.4 is 0 Å². The Balaban J connectivity index is 3.68. The molecule has 2 heteroatoms. The molecule has 0 aliphatic heterocycles. The van der Waals surface area contributed by atoms with E-state index in [1.807, 2.05) is 0 Å². The van der Waals surface area contributed by atoms with Crippen LogP contribution in [0.4, 0.5) is 0 Å². The molecular weight excluding hydrogens is 116 g/mol.